The summed E-state index contributed by atoms with van der Waals surface area (Å²) in [7, 11) is 4.52. The van der Waals surface area contributed by atoms with E-state index in [9.17, 15) is 4.79 Å². The van der Waals surface area contributed by atoms with Gasteiger partial charge < -0.3 is 14.2 Å². The van der Waals surface area contributed by atoms with Gasteiger partial charge in [-0.1, -0.05) is 0 Å². The first-order valence-corrected chi connectivity index (χ1v) is 6.18. The topological polar surface area (TPSA) is 57.7 Å². The molecule has 2 aromatic rings. The fraction of sp³-hybridized carbons (Fsp3) is 0.333. The summed E-state index contributed by atoms with van der Waals surface area (Å²) in [5.41, 5.74) is 2.34. The number of aryl methyl sites for hydroxylation is 1. The number of esters is 1. The van der Waals surface area contributed by atoms with Gasteiger partial charge in [-0.15, -0.1) is 0 Å². The van der Waals surface area contributed by atoms with E-state index < -0.39 is 0 Å². The van der Waals surface area contributed by atoms with Gasteiger partial charge in [0.1, 0.15) is 11.5 Å². The molecule has 0 N–H and O–H groups in total. The van der Waals surface area contributed by atoms with Crippen molar-refractivity contribution in [1.82, 2.24) is 4.98 Å². The van der Waals surface area contributed by atoms with Crippen LogP contribution in [0.3, 0.4) is 0 Å². The average Bonchev–Trinajstić information content (AvgIpc) is 2.46. The Balaban J connectivity index is 2.75. The number of fused-ring (bicyclic) bond motifs is 1. The molecule has 0 aliphatic carbocycles. The Bertz CT molecular complexity index is 652. The highest BCUT2D eigenvalue weighted by atomic mass is 16.5. The van der Waals surface area contributed by atoms with E-state index in [1.54, 1.807) is 20.3 Å². The van der Waals surface area contributed by atoms with Gasteiger partial charge in [0.15, 0.2) is 0 Å². The lowest BCUT2D eigenvalue weighted by Crippen LogP contribution is -2.07. The predicted molar refractivity (Wildman–Crippen MR) is 75.3 cm³/mol. The van der Waals surface area contributed by atoms with Crippen molar-refractivity contribution in [2.24, 2.45) is 0 Å². The maximum Gasteiger partial charge on any atom is 0.310 e. The third-order valence-electron chi connectivity index (χ3n) is 3.12. The Morgan fingerprint density at radius 3 is 2.45 bits per heavy atom. The highest BCUT2D eigenvalue weighted by Gasteiger charge is 2.17. The molecule has 0 aliphatic heterocycles. The van der Waals surface area contributed by atoms with Crippen LogP contribution in [0.15, 0.2) is 18.2 Å². The van der Waals surface area contributed by atoms with Crippen molar-refractivity contribution in [3.8, 4) is 11.5 Å². The van der Waals surface area contributed by atoms with Crippen LogP contribution in [0, 0.1) is 6.92 Å². The van der Waals surface area contributed by atoms with Gasteiger partial charge in [0.2, 0.25) is 0 Å². The number of nitrogens with zero attached hydrogens (tertiary/aromatic N) is 1. The molecule has 0 spiro atoms. The second-order valence-corrected chi connectivity index (χ2v) is 4.36. The highest BCUT2D eigenvalue weighted by Crippen LogP contribution is 2.34. The number of aromatic nitrogens is 1. The van der Waals surface area contributed by atoms with Crippen LogP contribution in [-0.4, -0.2) is 32.3 Å². The van der Waals surface area contributed by atoms with Gasteiger partial charge in [-0.3, -0.25) is 9.78 Å². The minimum absolute atomic E-state index is 0.109. The number of methoxy groups -OCH3 is 3. The second kappa shape index (κ2) is 5.77. The first-order chi connectivity index (χ1) is 9.60. The SMILES string of the molecule is COC(=O)Cc1c(OC)ccc2nc(C)cc(OC)c12. The monoisotopic (exact) mass is 275 g/mol. The normalized spacial score (nSPS) is 10.4. The Hall–Kier alpha value is -2.30. The lowest BCUT2D eigenvalue weighted by Gasteiger charge is -2.14. The summed E-state index contributed by atoms with van der Waals surface area (Å²) in [5.74, 6) is 0.954. The number of benzene rings is 1. The van der Waals surface area contributed by atoms with Gasteiger partial charge in [0, 0.05) is 22.7 Å². The number of rotatable bonds is 4. The molecule has 5 heteroatoms. The van der Waals surface area contributed by atoms with E-state index in [-0.39, 0.29) is 12.4 Å². The van der Waals surface area contributed by atoms with Gasteiger partial charge in [-0.2, -0.15) is 0 Å². The van der Waals surface area contributed by atoms with E-state index in [4.69, 9.17) is 14.2 Å². The first kappa shape index (κ1) is 14.1. The Kier molecular flexibility index (Phi) is 4.08. The molecule has 0 fully saturated rings. The van der Waals surface area contributed by atoms with E-state index in [0.717, 1.165) is 22.2 Å². The number of hydrogen-bond donors (Lipinski definition) is 0. The van der Waals surface area contributed by atoms with Gasteiger partial charge in [-0.25, -0.2) is 0 Å². The van der Waals surface area contributed by atoms with Crippen molar-refractivity contribution in [3.63, 3.8) is 0 Å². The molecule has 0 saturated carbocycles. The maximum absolute atomic E-state index is 11.6. The molecule has 0 bridgehead atoms. The van der Waals surface area contributed by atoms with Crippen LogP contribution in [0.2, 0.25) is 0 Å². The first-order valence-electron chi connectivity index (χ1n) is 6.18. The number of hydrogen-bond acceptors (Lipinski definition) is 5. The molecular weight excluding hydrogens is 258 g/mol. The molecular formula is C15H17NO4. The molecule has 5 nitrogen and oxygen atoms in total. The Morgan fingerprint density at radius 1 is 1.15 bits per heavy atom. The Labute approximate surface area is 117 Å². The third-order valence-corrected chi connectivity index (χ3v) is 3.12. The molecule has 2 rings (SSSR count). The fourth-order valence-corrected chi connectivity index (χ4v) is 2.21. The van der Waals surface area contributed by atoms with Crippen molar-refractivity contribution in [3.05, 3.63) is 29.5 Å². The quantitative estimate of drug-likeness (QED) is 0.801. The smallest absolute Gasteiger partial charge is 0.310 e. The van der Waals surface area contributed by atoms with Crippen LogP contribution >= 0.6 is 0 Å². The van der Waals surface area contributed by atoms with Crippen LogP contribution in [0.1, 0.15) is 11.3 Å². The summed E-state index contributed by atoms with van der Waals surface area (Å²) >= 11 is 0. The zero-order chi connectivity index (χ0) is 14.7. The predicted octanol–water partition coefficient (Wildman–Crippen LogP) is 2.28. The van der Waals surface area contributed by atoms with Crippen molar-refractivity contribution in [2.75, 3.05) is 21.3 Å². The molecule has 20 heavy (non-hydrogen) atoms. The molecule has 1 heterocycles. The fourth-order valence-electron chi connectivity index (χ4n) is 2.21. The summed E-state index contributed by atoms with van der Waals surface area (Å²) in [6, 6.07) is 5.49. The van der Waals surface area contributed by atoms with Gasteiger partial charge in [0.25, 0.3) is 0 Å². The summed E-state index contributed by atoms with van der Waals surface area (Å²) in [6.07, 6.45) is 0.109. The number of pyridine rings is 1. The van der Waals surface area contributed by atoms with Crippen molar-refractivity contribution < 1.29 is 19.0 Å². The van der Waals surface area contributed by atoms with E-state index in [1.807, 2.05) is 19.1 Å². The van der Waals surface area contributed by atoms with Crippen molar-refractivity contribution >= 4 is 16.9 Å². The standard InChI is InChI=1S/C15H17NO4/c1-9-7-13(19-3)15-10(8-14(17)20-4)12(18-2)6-5-11(15)16-9/h5-7H,8H2,1-4H3. The lowest BCUT2D eigenvalue weighted by molar-refractivity contribution is -0.139. The average molecular weight is 275 g/mol. The summed E-state index contributed by atoms with van der Waals surface area (Å²) in [5, 5.41) is 0.780. The molecule has 1 aromatic carbocycles. The van der Waals surface area contributed by atoms with Gasteiger partial charge in [0.05, 0.1) is 33.3 Å². The molecule has 106 valence electrons. The van der Waals surface area contributed by atoms with Gasteiger partial charge >= 0.3 is 5.97 Å². The Morgan fingerprint density at radius 2 is 1.85 bits per heavy atom. The highest BCUT2D eigenvalue weighted by molar-refractivity contribution is 5.93. The van der Waals surface area contributed by atoms with Crippen LogP contribution in [0.25, 0.3) is 10.9 Å². The summed E-state index contributed by atoms with van der Waals surface area (Å²) in [4.78, 5) is 16.1. The molecule has 0 aliphatic rings. The van der Waals surface area contributed by atoms with E-state index >= 15 is 0 Å². The molecule has 1 aromatic heterocycles. The molecule has 0 amide bonds. The van der Waals surface area contributed by atoms with Crippen LogP contribution in [0.5, 0.6) is 11.5 Å². The molecule has 0 saturated heterocycles. The van der Waals surface area contributed by atoms with Crippen LogP contribution in [0.4, 0.5) is 0 Å². The summed E-state index contributed by atoms with van der Waals surface area (Å²) < 4.78 is 15.5. The van der Waals surface area contributed by atoms with E-state index in [2.05, 4.69) is 4.98 Å². The van der Waals surface area contributed by atoms with Gasteiger partial charge in [-0.05, 0) is 19.1 Å². The number of ether oxygens (including phenoxy) is 3. The van der Waals surface area contributed by atoms with Crippen LogP contribution in [-0.2, 0) is 16.0 Å². The lowest BCUT2D eigenvalue weighted by atomic mass is 10.0. The third kappa shape index (κ3) is 2.52. The molecule has 0 radical (unpaired) electrons. The zero-order valence-corrected chi connectivity index (χ0v) is 12.0. The number of carbonyl (C=O) groups is 1. The van der Waals surface area contributed by atoms with Crippen LogP contribution < -0.4 is 9.47 Å². The van der Waals surface area contributed by atoms with Crippen molar-refractivity contribution in [2.45, 2.75) is 13.3 Å². The minimum atomic E-state index is -0.335. The van der Waals surface area contributed by atoms with Crippen molar-refractivity contribution in [1.29, 1.82) is 0 Å². The zero-order valence-electron chi connectivity index (χ0n) is 12.0. The largest absolute Gasteiger partial charge is 0.496 e. The second-order valence-electron chi connectivity index (χ2n) is 4.36. The van der Waals surface area contributed by atoms with E-state index in [1.165, 1.54) is 7.11 Å². The maximum atomic E-state index is 11.6. The summed E-state index contributed by atoms with van der Waals surface area (Å²) in [6.45, 7) is 1.90. The molecule has 0 unspecified atom stereocenters. The molecule has 0 atom stereocenters. The van der Waals surface area contributed by atoms with E-state index in [0.29, 0.717) is 11.5 Å². The number of carbonyl (C=O) groups excluding carboxylic acids is 1. The minimum Gasteiger partial charge on any atom is -0.496 e.